The van der Waals surface area contributed by atoms with Crippen LogP contribution in [0.2, 0.25) is 0 Å². The van der Waals surface area contributed by atoms with Crippen LogP contribution in [0.4, 0.5) is 0 Å². The summed E-state index contributed by atoms with van der Waals surface area (Å²) in [7, 11) is 0. The summed E-state index contributed by atoms with van der Waals surface area (Å²) in [6.07, 6.45) is 2.90. The van der Waals surface area contributed by atoms with E-state index >= 15 is 0 Å². The molecule has 1 heterocycles. The van der Waals surface area contributed by atoms with E-state index in [0.29, 0.717) is 11.3 Å². The maximum atomic E-state index is 11.2. The Labute approximate surface area is 94.0 Å². The van der Waals surface area contributed by atoms with Gasteiger partial charge in [0.1, 0.15) is 12.7 Å². The van der Waals surface area contributed by atoms with E-state index in [2.05, 4.69) is 26.0 Å². The fraction of sp³-hybridized carbons (Fsp3) is 0. The lowest BCUT2D eigenvalue weighted by Crippen LogP contribution is -2.14. The molecule has 0 aliphatic carbocycles. The molecule has 0 unspecified atom stereocenters. The van der Waals surface area contributed by atoms with E-state index in [1.54, 1.807) is 18.2 Å². The molecule has 15 heavy (non-hydrogen) atoms. The van der Waals surface area contributed by atoms with Crippen molar-refractivity contribution in [2.45, 2.75) is 0 Å². The second kappa shape index (κ2) is 3.82. The van der Waals surface area contributed by atoms with Gasteiger partial charge in [-0.2, -0.15) is 5.10 Å². The van der Waals surface area contributed by atoms with Gasteiger partial charge in [-0.15, -0.1) is 0 Å². The molecule has 2 N–H and O–H groups in total. The van der Waals surface area contributed by atoms with Gasteiger partial charge in [0.05, 0.1) is 11.3 Å². The average Bonchev–Trinajstić information content (AvgIpc) is 2.69. The van der Waals surface area contributed by atoms with Gasteiger partial charge in [0.15, 0.2) is 0 Å². The van der Waals surface area contributed by atoms with E-state index in [1.165, 1.54) is 17.3 Å². The van der Waals surface area contributed by atoms with Gasteiger partial charge >= 0.3 is 0 Å². The van der Waals surface area contributed by atoms with Crippen LogP contribution in [-0.4, -0.2) is 20.7 Å². The van der Waals surface area contributed by atoms with Crippen LogP contribution in [0.25, 0.3) is 5.69 Å². The van der Waals surface area contributed by atoms with Gasteiger partial charge in [-0.1, -0.05) is 15.9 Å². The number of rotatable bonds is 2. The molecule has 0 radical (unpaired) electrons. The normalized spacial score (nSPS) is 10.2. The molecular formula is C9H7BrN4O. The quantitative estimate of drug-likeness (QED) is 0.886. The lowest BCUT2D eigenvalue weighted by atomic mass is 10.2. The predicted molar refractivity (Wildman–Crippen MR) is 57.6 cm³/mol. The van der Waals surface area contributed by atoms with Gasteiger partial charge in [-0.3, -0.25) is 4.79 Å². The fourth-order valence-corrected chi connectivity index (χ4v) is 1.58. The molecule has 1 aromatic carbocycles. The van der Waals surface area contributed by atoms with E-state index in [9.17, 15) is 4.79 Å². The zero-order valence-corrected chi connectivity index (χ0v) is 9.18. The molecule has 0 saturated carbocycles. The van der Waals surface area contributed by atoms with Crippen molar-refractivity contribution in [2.75, 3.05) is 0 Å². The maximum Gasteiger partial charge on any atom is 0.250 e. The molecule has 1 aromatic heterocycles. The zero-order chi connectivity index (χ0) is 10.8. The van der Waals surface area contributed by atoms with Crippen LogP contribution in [-0.2, 0) is 0 Å². The van der Waals surface area contributed by atoms with Crippen molar-refractivity contribution in [1.82, 2.24) is 14.8 Å². The van der Waals surface area contributed by atoms with Gasteiger partial charge in [-0.25, -0.2) is 9.67 Å². The lowest BCUT2D eigenvalue weighted by Gasteiger charge is -2.06. The molecule has 1 amide bonds. The van der Waals surface area contributed by atoms with Gasteiger partial charge in [0, 0.05) is 4.47 Å². The molecule has 0 aliphatic heterocycles. The molecule has 2 rings (SSSR count). The van der Waals surface area contributed by atoms with Crippen LogP contribution in [0, 0.1) is 0 Å². The first-order valence-corrected chi connectivity index (χ1v) is 4.92. The summed E-state index contributed by atoms with van der Waals surface area (Å²) in [5.41, 5.74) is 6.27. The van der Waals surface area contributed by atoms with Crippen LogP contribution >= 0.6 is 15.9 Å². The summed E-state index contributed by atoms with van der Waals surface area (Å²) >= 11 is 3.32. The second-order valence-corrected chi connectivity index (χ2v) is 3.78. The molecule has 0 atom stereocenters. The molecule has 0 spiro atoms. The summed E-state index contributed by atoms with van der Waals surface area (Å²) in [6, 6.07) is 5.15. The van der Waals surface area contributed by atoms with Crippen molar-refractivity contribution < 1.29 is 4.79 Å². The Hall–Kier alpha value is -1.69. The summed E-state index contributed by atoms with van der Waals surface area (Å²) in [5, 5.41) is 3.95. The first-order valence-electron chi connectivity index (χ1n) is 4.13. The van der Waals surface area contributed by atoms with E-state index in [-0.39, 0.29) is 0 Å². The number of primary amides is 1. The fourth-order valence-electron chi connectivity index (χ4n) is 1.24. The minimum Gasteiger partial charge on any atom is -0.366 e. The Balaban J connectivity index is 2.63. The largest absolute Gasteiger partial charge is 0.366 e. The Morgan fingerprint density at radius 3 is 2.87 bits per heavy atom. The van der Waals surface area contributed by atoms with Crippen molar-refractivity contribution in [3.63, 3.8) is 0 Å². The molecule has 5 nitrogen and oxygen atoms in total. The van der Waals surface area contributed by atoms with Crippen molar-refractivity contribution in [3.8, 4) is 5.69 Å². The minimum atomic E-state index is -0.493. The molecule has 0 fully saturated rings. The second-order valence-electron chi connectivity index (χ2n) is 2.87. The number of halogens is 1. The predicted octanol–water partition coefficient (Wildman–Crippen LogP) is 1.13. The third kappa shape index (κ3) is 1.89. The zero-order valence-electron chi connectivity index (χ0n) is 7.59. The number of nitrogens with two attached hydrogens (primary N) is 1. The smallest absolute Gasteiger partial charge is 0.250 e. The van der Waals surface area contributed by atoms with Crippen LogP contribution in [0.5, 0.6) is 0 Å². The monoisotopic (exact) mass is 266 g/mol. The molecule has 0 saturated heterocycles. The Morgan fingerprint density at radius 2 is 2.27 bits per heavy atom. The number of aromatic nitrogens is 3. The Bertz CT molecular complexity index is 495. The number of hydrogen-bond donors (Lipinski definition) is 1. The first-order chi connectivity index (χ1) is 7.18. The van der Waals surface area contributed by atoms with Crippen molar-refractivity contribution in [1.29, 1.82) is 0 Å². The topological polar surface area (TPSA) is 73.8 Å². The van der Waals surface area contributed by atoms with Gasteiger partial charge < -0.3 is 5.73 Å². The Kier molecular flexibility index (Phi) is 2.51. The molecule has 76 valence electrons. The SMILES string of the molecule is NC(=O)c1ccc(Br)cc1-n1cncn1. The minimum absolute atomic E-state index is 0.406. The molecule has 0 bridgehead atoms. The highest BCUT2D eigenvalue weighted by Gasteiger charge is 2.10. The maximum absolute atomic E-state index is 11.2. The number of carbonyl (C=O) groups excluding carboxylic acids is 1. The average molecular weight is 267 g/mol. The molecule has 6 heteroatoms. The molecular weight excluding hydrogens is 260 g/mol. The van der Waals surface area contributed by atoms with Crippen molar-refractivity contribution in [2.24, 2.45) is 5.73 Å². The Morgan fingerprint density at radius 1 is 1.47 bits per heavy atom. The van der Waals surface area contributed by atoms with Crippen molar-refractivity contribution in [3.05, 3.63) is 40.9 Å². The van der Waals surface area contributed by atoms with Crippen LogP contribution in [0.1, 0.15) is 10.4 Å². The number of hydrogen-bond acceptors (Lipinski definition) is 3. The van der Waals surface area contributed by atoms with E-state index in [1.807, 2.05) is 0 Å². The van der Waals surface area contributed by atoms with Crippen LogP contribution in [0.15, 0.2) is 35.3 Å². The van der Waals surface area contributed by atoms with Gasteiger partial charge in [0.2, 0.25) is 0 Å². The van der Waals surface area contributed by atoms with E-state index in [4.69, 9.17) is 5.73 Å². The molecule has 2 aromatic rings. The highest BCUT2D eigenvalue weighted by molar-refractivity contribution is 9.10. The third-order valence-corrected chi connectivity index (χ3v) is 2.38. The number of benzene rings is 1. The number of amides is 1. The first kappa shape index (κ1) is 9.85. The summed E-state index contributed by atoms with van der Waals surface area (Å²) in [4.78, 5) is 15.0. The lowest BCUT2D eigenvalue weighted by molar-refractivity contribution is 0.1000. The van der Waals surface area contributed by atoms with E-state index in [0.717, 1.165) is 4.47 Å². The summed E-state index contributed by atoms with van der Waals surface area (Å²) in [6.45, 7) is 0. The van der Waals surface area contributed by atoms with Crippen molar-refractivity contribution >= 4 is 21.8 Å². The summed E-state index contributed by atoms with van der Waals surface area (Å²) < 4.78 is 2.34. The standard InChI is InChI=1S/C9H7BrN4O/c10-6-1-2-7(9(11)15)8(3-6)14-5-12-4-13-14/h1-5H,(H2,11,15). The van der Waals surface area contributed by atoms with Crippen LogP contribution in [0.3, 0.4) is 0 Å². The molecule has 0 aliphatic rings. The van der Waals surface area contributed by atoms with Gasteiger partial charge in [-0.05, 0) is 18.2 Å². The highest BCUT2D eigenvalue weighted by atomic mass is 79.9. The third-order valence-electron chi connectivity index (χ3n) is 1.89. The highest BCUT2D eigenvalue weighted by Crippen LogP contribution is 2.19. The van der Waals surface area contributed by atoms with E-state index < -0.39 is 5.91 Å². The van der Waals surface area contributed by atoms with Gasteiger partial charge in [0.25, 0.3) is 5.91 Å². The number of carbonyl (C=O) groups is 1. The summed E-state index contributed by atoms with van der Waals surface area (Å²) in [5.74, 6) is -0.493. The number of nitrogens with zero attached hydrogens (tertiary/aromatic N) is 3. The van der Waals surface area contributed by atoms with Crippen LogP contribution < -0.4 is 5.73 Å².